The standard InChI is InChI=1S/C13H11FO3/c14-10-4-1-3-9(7-10)13(16)17-12-6-2-5-11(15)8-12/h1,3-4,7-8H,2,5-6H2. The molecule has 1 aliphatic carbocycles. The number of ether oxygens (including phenoxy) is 1. The van der Waals surface area contributed by atoms with Gasteiger partial charge in [-0.3, -0.25) is 4.79 Å². The summed E-state index contributed by atoms with van der Waals surface area (Å²) in [5, 5.41) is 0. The van der Waals surface area contributed by atoms with Crippen molar-refractivity contribution in [3.63, 3.8) is 0 Å². The fraction of sp³-hybridized carbons (Fsp3) is 0.231. The number of ketones is 1. The molecule has 0 N–H and O–H groups in total. The lowest BCUT2D eigenvalue weighted by atomic mass is 10.1. The summed E-state index contributed by atoms with van der Waals surface area (Å²) in [5.41, 5.74) is 0.143. The lowest BCUT2D eigenvalue weighted by Gasteiger charge is -2.12. The zero-order valence-corrected chi connectivity index (χ0v) is 9.11. The molecule has 1 aromatic carbocycles. The average Bonchev–Trinajstić information content (AvgIpc) is 2.29. The second kappa shape index (κ2) is 4.91. The van der Waals surface area contributed by atoms with E-state index in [-0.39, 0.29) is 11.3 Å². The van der Waals surface area contributed by atoms with Crippen LogP contribution < -0.4 is 0 Å². The normalized spacial score (nSPS) is 15.4. The molecule has 1 aromatic rings. The molecule has 0 aliphatic heterocycles. The summed E-state index contributed by atoms with van der Waals surface area (Å²) < 4.78 is 17.9. The third-order valence-corrected chi connectivity index (χ3v) is 2.45. The number of halogens is 1. The molecular weight excluding hydrogens is 223 g/mol. The van der Waals surface area contributed by atoms with Crippen molar-refractivity contribution in [3.8, 4) is 0 Å². The summed E-state index contributed by atoms with van der Waals surface area (Å²) in [6, 6.07) is 5.26. The smallest absolute Gasteiger partial charge is 0.343 e. The first-order chi connectivity index (χ1) is 8.15. The van der Waals surface area contributed by atoms with Crippen LogP contribution in [0.25, 0.3) is 0 Å². The highest BCUT2D eigenvalue weighted by Crippen LogP contribution is 2.18. The van der Waals surface area contributed by atoms with Crippen LogP contribution in [-0.2, 0) is 9.53 Å². The summed E-state index contributed by atoms with van der Waals surface area (Å²) >= 11 is 0. The van der Waals surface area contributed by atoms with E-state index in [9.17, 15) is 14.0 Å². The van der Waals surface area contributed by atoms with E-state index in [2.05, 4.69) is 0 Å². The summed E-state index contributed by atoms with van der Waals surface area (Å²) in [7, 11) is 0. The van der Waals surface area contributed by atoms with Crippen molar-refractivity contribution in [2.45, 2.75) is 19.3 Å². The number of esters is 1. The van der Waals surface area contributed by atoms with Gasteiger partial charge in [-0.05, 0) is 24.6 Å². The van der Waals surface area contributed by atoms with Crippen LogP contribution in [0.2, 0.25) is 0 Å². The van der Waals surface area contributed by atoms with Crippen molar-refractivity contribution in [1.82, 2.24) is 0 Å². The van der Waals surface area contributed by atoms with Crippen LogP contribution in [0, 0.1) is 5.82 Å². The third-order valence-electron chi connectivity index (χ3n) is 2.45. The molecule has 0 bridgehead atoms. The Morgan fingerprint density at radius 2 is 2.12 bits per heavy atom. The van der Waals surface area contributed by atoms with Gasteiger partial charge in [-0.2, -0.15) is 0 Å². The Hall–Kier alpha value is -1.97. The Morgan fingerprint density at radius 3 is 2.82 bits per heavy atom. The molecule has 0 radical (unpaired) electrons. The third kappa shape index (κ3) is 3.00. The summed E-state index contributed by atoms with van der Waals surface area (Å²) in [5.74, 6) is -0.813. The minimum Gasteiger partial charge on any atom is -0.427 e. The van der Waals surface area contributed by atoms with Crippen LogP contribution in [-0.4, -0.2) is 11.8 Å². The van der Waals surface area contributed by atoms with Gasteiger partial charge in [0, 0.05) is 18.9 Å². The highest BCUT2D eigenvalue weighted by molar-refractivity contribution is 5.93. The van der Waals surface area contributed by atoms with E-state index in [1.807, 2.05) is 0 Å². The fourth-order valence-corrected chi connectivity index (χ4v) is 1.63. The van der Waals surface area contributed by atoms with Gasteiger partial charge in [0.15, 0.2) is 5.78 Å². The minimum atomic E-state index is -0.634. The van der Waals surface area contributed by atoms with Gasteiger partial charge in [-0.25, -0.2) is 9.18 Å². The molecule has 2 rings (SSSR count). The molecule has 3 nitrogen and oxygen atoms in total. The molecule has 0 fully saturated rings. The summed E-state index contributed by atoms with van der Waals surface area (Å²) in [6.07, 6.45) is 3.07. The Bertz CT molecular complexity index is 491. The first-order valence-electron chi connectivity index (χ1n) is 5.36. The molecule has 0 amide bonds. The molecule has 0 aromatic heterocycles. The van der Waals surface area contributed by atoms with Gasteiger partial charge in [-0.15, -0.1) is 0 Å². The molecule has 0 saturated heterocycles. The van der Waals surface area contributed by atoms with E-state index in [0.717, 1.165) is 6.07 Å². The number of hydrogen-bond donors (Lipinski definition) is 0. The van der Waals surface area contributed by atoms with E-state index in [1.54, 1.807) is 0 Å². The zero-order chi connectivity index (χ0) is 12.3. The van der Waals surface area contributed by atoms with Crippen molar-refractivity contribution in [2.75, 3.05) is 0 Å². The van der Waals surface area contributed by atoms with Gasteiger partial charge in [0.05, 0.1) is 5.56 Å². The maximum Gasteiger partial charge on any atom is 0.343 e. The van der Waals surface area contributed by atoms with Crippen molar-refractivity contribution in [1.29, 1.82) is 0 Å². The Kier molecular flexibility index (Phi) is 3.32. The number of benzene rings is 1. The van der Waals surface area contributed by atoms with E-state index in [0.29, 0.717) is 25.0 Å². The van der Waals surface area contributed by atoms with E-state index in [1.165, 1.54) is 24.3 Å². The summed E-state index contributed by atoms with van der Waals surface area (Å²) in [4.78, 5) is 22.7. The number of allylic oxidation sites excluding steroid dienone is 2. The number of rotatable bonds is 2. The van der Waals surface area contributed by atoms with Gasteiger partial charge in [0.25, 0.3) is 0 Å². The molecule has 4 heteroatoms. The first-order valence-corrected chi connectivity index (χ1v) is 5.36. The lowest BCUT2D eigenvalue weighted by molar-refractivity contribution is -0.115. The van der Waals surface area contributed by atoms with Crippen molar-refractivity contribution >= 4 is 11.8 Å². The molecule has 88 valence electrons. The second-order valence-electron chi connectivity index (χ2n) is 3.83. The molecule has 0 spiro atoms. The van der Waals surface area contributed by atoms with Crippen LogP contribution in [0.5, 0.6) is 0 Å². The van der Waals surface area contributed by atoms with E-state index < -0.39 is 11.8 Å². The highest BCUT2D eigenvalue weighted by atomic mass is 19.1. The number of hydrogen-bond acceptors (Lipinski definition) is 3. The molecule has 0 atom stereocenters. The molecule has 1 aliphatic rings. The van der Waals surface area contributed by atoms with Crippen LogP contribution >= 0.6 is 0 Å². The Labute approximate surface area is 97.9 Å². The van der Waals surface area contributed by atoms with Crippen LogP contribution in [0.15, 0.2) is 36.1 Å². The minimum absolute atomic E-state index is 0.0432. The number of carbonyl (C=O) groups is 2. The van der Waals surface area contributed by atoms with Gasteiger partial charge >= 0.3 is 5.97 Å². The van der Waals surface area contributed by atoms with Crippen molar-refractivity contribution < 1.29 is 18.7 Å². The predicted molar refractivity (Wildman–Crippen MR) is 58.8 cm³/mol. The van der Waals surface area contributed by atoms with Gasteiger partial charge in [0.2, 0.25) is 0 Å². The van der Waals surface area contributed by atoms with Crippen molar-refractivity contribution in [2.24, 2.45) is 0 Å². The Morgan fingerprint density at radius 1 is 1.29 bits per heavy atom. The first kappa shape index (κ1) is 11.5. The average molecular weight is 234 g/mol. The van der Waals surface area contributed by atoms with Crippen LogP contribution in [0.4, 0.5) is 4.39 Å². The van der Waals surface area contributed by atoms with Gasteiger partial charge in [0.1, 0.15) is 11.6 Å². The maximum atomic E-state index is 12.9. The van der Waals surface area contributed by atoms with Crippen LogP contribution in [0.3, 0.4) is 0 Å². The molecular formula is C13H11FO3. The van der Waals surface area contributed by atoms with Gasteiger partial charge < -0.3 is 4.74 Å². The highest BCUT2D eigenvalue weighted by Gasteiger charge is 2.15. The molecule has 0 saturated carbocycles. The molecule has 0 heterocycles. The largest absolute Gasteiger partial charge is 0.427 e. The Balaban J connectivity index is 2.09. The van der Waals surface area contributed by atoms with Gasteiger partial charge in [-0.1, -0.05) is 6.07 Å². The molecule has 17 heavy (non-hydrogen) atoms. The molecule has 0 unspecified atom stereocenters. The fourth-order valence-electron chi connectivity index (χ4n) is 1.63. The van der Waals surface area contributed by atoms with E-state index >= 15 is 0 Å². The second-order valence-corrected chi connectivity index (χ2v) is 3.83. The zero-order valence-electron chi connectivity index (χ0n) is 9.11. The SMILES string of the molecule is O=C1C=C(OC(=O)c2cccc(F)c2)CCC1. The maximum absolute atomic E-state index is 12.9. The monoisotopic (exact) mass is 234 g/mol. The predicted octanol–water partition coefficient (Wildman–Crippen LogP) is 2.62. The summed E-state index contributed by atoms with van der Waals surface area (Å²) in [6.45, 7) is 0. The van der Waals surface area contributed by atoms with Crippen LogP contribution in [0.1, 0.15) is 29.6 Å². The topological polar surface area (TPSA) is 43.4 Å². The van der Waals surface area contributed by atoms with Crippen molar-refractivity contribution in [3.05, 3.63) is 47.5 Å². The lowest BCUT2D eigenvalue weighted by Crippen LogP contribution is -2.10. The number of carbonyl (C=O) groups excluding carboxylic acids is 2. The van der Waals surface area contributed by atoms with E-state index in [4.69, 9.17) is 4.74 Å². The quantitative estimate of drug-likeness (QED) is 0.739.